The molecule has 0 saturated heterocycles. The maximum Gasteiger partial charge on any atom is 0.490 e. The minimum absolute atomic E-state index is 0.323. The summed E-state index contributed by atoms with van der Waals surface area (Å²) in [4.78, 5) is 19.6. The molecule has 0 bridgehead atoms. The summed E-state index contributed by atoms with van der Waals surface area (Å²) in [5, 5.41) is 8.81. The molecule has 0 rings (SSSR count). The second kappa shape index (κ2) is 7.81. The van der Waals surface area contributed by atoms with Crippen LogP contribution >= 0.6 is 0 Å². The van der Waals surface area contributed by atoms with Gasteiger partial charge in [-0.05, 0) is 6.42 Å². The Kier molecular flexibility index (Phi) is 8.15. The number of hydrogen-bond donors (Lipinski definition) is 3. The smallest absolute Gasteiger partial charge is 0.475 e. The maximum absolute atomic E-state index is 11.5. The Balaban J connectivity index is 0. The van der Waals surface area contributed by atoms with Gasteiger partial charge in [0.1, 0.15) is 6.54 Å². The van der Waals surface area contributed by atoms with Crippen molar-refractivity contribution in [3.05, 3.63) is 0 Å². The number of hydrogen-bond acceptors (Lipinski definition) is 3. The van der Waals surface area contributed by atoms with Crippen molar-refractivity contribution >= 4 is 11.9 Å². The van der Waals surface area contributed by atoms with E-state index in [1.54, 1.807) is 12.2 Å². The van der Waals surface area contributed by atoms with Crippen LogP contribution in [0.1, 0.15) is 13.3 Å². The number of nitrogens with one attached hydrogen (secondary N) is 1. The quantitative estimate of drug-likeness (QED) is 0.679. The number of nitrogens with two attached hydrogens (primary N) is 1. The Morgan fingerprint density at radius 3 is 1.79 bits per heavy atom. The van der Waals surface area contributed by atoms with Crippen LogP contribution in [0.2, 0.25) is 0 Å². The number of carbonyl (C=O) groups excluding carboxylic acids is 1. The summed E-state index contributed by atoms with van der Waals surface area (Å²) in [5.41, 5.74) is 5.17. The van der Waals surface area contributed by atoms with Gasteiger partial charge in [-0.15, -0.1) is 0 Å². The van der Waals surface area contributed by atoms with Gasteiger partial charge < -0.3 is 16.2 Å². The number of carbonyl (C=O) groups is 2. The van der Waals surface area contributed by atoms with Crippen molar-refractivity contribution in [2.24, 2.45) is 5.73 Å². The van der Waals surface area contributed by atoms with E-state index in [4.69, 9.17) is 15.6 Å². The number of carboxylic acid groups (broad SMARTS) is 1. The zero-order valence-electron chi connectivity index (χ0n) is 9.60. The molecule has 0 aliphatic heterocycles. The molecule has 0 radical (unpaired) electrons. The third kappa shape index (κ3) is 12.7. The van der Waals surface area contributed by atoms with Gasteiger partial charge in [-0.25, -0.2) is 4.79 Å². The molecule has 19 heavy (non-hydrogen) atoms. The van der Waals surface area contributed by atoms with Crippen LogP contribution in [0.5, 0.6) is 0 Å². The molecule has 0 fully saturated rings. The van der Waals surface area contributed by atoms with E-state index in [0.717, 1.165) is 0 Å². The summed E-state index contributed by atoms with van der Waals surface area (Å²) in [7, 11) is 0. The molecular weight excluding hydrogens is 286 g/mol. The molecule has 1 amide bonds. The van der Waals surface area contributed by atoms with Crippen LogP contribution in [0.25, 0.3) is 0 Å². The van der Waals surface area contributed by atoms with E-state index >= 15 is 0 Å². The molecule has 0 saturated carbocycles. The van der Waals surface area contributed by atoms with E-state index in [1.807, 2.05) is 0 Å². The number of amides is 1. The van der Waals surface area contributed by atoms with Gasteiger partial charge in [-0.1, -0.05) is 6.92 Å². The van der Waals surface area contributed by atoms with Crippen molar-refractivity contribution in [3.63, 3.8) is 0 Å². The average molecular weight is 298 g/mol. The molecule has 0 heterocycles. The van der Waals surface area contributed by atoms with E-state index < -0.39 is 36.8 Å². The van der Waals surface area contributed by atoms with Gasteiger partial charge in [-0.3, -0.25) is 4.79 Å². The van der Waals surface area contributed by atoms with Crippen molar-refractivity contribution in [2.75, 3.05) is 6.54 Å². The van der Waals surface area contributed by atoms with Crippen LogP contribution in [0.15, 0.2) is 0 Å². The monoisotopic (exact) mass is 298 g/mol. The van der Waals surface area contributed by atoms with Crippen molar-refractivity contribution in [1.29, 1.82) is 0 Å². The molecular formula is C8H12F6N2O3. The van der Waals surface area contributed by atoms with Crippen LogP contribution in [0.3, 0.4) is 0 Å². The van der Waals surface area contributed by atoms with Crippen molar-refractivity contribution in [2.45, 2.75) is 31.7 Å². The molecule has 1 atom stereocenters. The summed E-state index contributed by atoms with van der Waals surface area (Å²) in [6.45, 7) is 0.303. The first-order chi connectivity index (χ1) is 8.31. The molecule has 0 aliphatic rings. The molecule has 0 aromatic carbocycles. The molecule has 4 N–H and O–H groups in total. The summed E-state index contributed by atoms with van der Waals surface area (Å²) in [6, 6.07) is -0.854. The molecule has 5 nitrogen and oxygen atoms in total. The summed E-state index contributed by atoms with van der Waals surface area (Å²) >= 11 is 0. The first-order valence-corrected chi connectivity index (χ1v) is 4.71. The van der Waals surface area contributed by atoms with E-state index in [-0.39, 0.29) is 0 Å². The Morgan fingerprint density at radius 1 is 1.21 bits per heavy atom. The highest BCUT2D eigenvalue weighted by Gasteiger charge is 2.38. The third-order valence-electron chi connectivity index (χ3n) is 1.48. The Hall–Kier alpha value is -1.52. The molecule has 114 valence electrons. The van der Waals surface area contributed by atoms with E-state index in [9.17, 15) is 31.1 Å². The largest absolute Gasteiger partial charge is 0.490 e. The van der Waals surface area contributed by atoms with Crippen molar-refractivity contribution in [3.8, 4) is 0 Å². The van der Waals surface area contributed by atoms with Crippen LogP contribution < -0.4 is 11.1 Å². The lowest BCUT2D eigenvalue weighted by Gasteiger charge is -2.11. The predicted molar refractivity (Wildman–Crippen MR) is 51.0 cm³/mol. The van der Waals surface area contributed by atoms with Gasteiger partial charge in [0.2, 0.25) is 5.91 Å². The van der Waals surface area contributed by atoms with Gasteiger partial charge in [0, 0.05) is 0 Å². The Morgan fingerprint density at radius 2 is 1.58 bits per heavy atom. The Labute approximate surface area is 103 Å². The van der Waals surface area contributed by atoms with Crippen LogP contribution in [-0.4, -0.2) is 41.9 Å². The number of alkyl halides is 6. The van der Waals surface area contributed by atoms with Crippen LogP contribution in [0, 0.1) is 0 Å². The van der Waals surface area contributed by atoms with Gasteiger partial charge in [0.05, 0.1) is 6.04 Å². The normalized spacial score (nSPS) is 13.1. The average Bonchev–Trinajstić information content (AvgIpc) is 2.23. The predicted octanol–water partition coefficient (Wildman–Crippen LogP) is 1.04. The highest BCUT2D eigenvalue weighted by Crippen LogP contribution is 2.13. The first-order valence-electron chi connectivity index (χ1n) is 4.71. The fraction of sp³-hybridized carbons (Fsp3) is 0.750. The summed E-state index contributed by atoms with van der Waals surface area (Å²) < 4.78 is 66.3. The zero-order chi connectivity index (χ0) is 15.9. The third-order valence-corrected chi connectivity index (χ3v) is 1.48. The minimum atomic E-state index is -5.08. The van der Waals surface area contributed by atoms with Crippen molar-refractivity contribution in [1.82, 2.24) is 5.32 Å². The van der Waals surface area contributed by atoms with Gasteiger partial charge >= 0.3 is 18.3 Å². The van der Waals surface area contributed by atoms with E-state index in [1.165, 1.54) is 0 Å². The van der Waals surface area contributed by atoms with Crippen molar-refractivity contribution < 1.29 is 41.0 Å². The zero-order valence-corrected chi connectivity index (χ0v) is 9.60. The fourth-order valence-corrected chi connectivity index (χ4v) is 0.504. The number of rotatable bonds is 3. The number of carboxylic acids is 1. The van der Waals surface area contributed by atoms with Crippen LogP contribution in [-0.2, 0) is 9.59 Å². The van der Waals surface area contributed by atoms with E-state index in [0.29, 0.717) is 6.42 Å². The van der Waals surface area contributed by atoms with Gasteiger partial charge in [0.15, 0.2) is 0 Å². The highest BCUT2D eigenvalue weighted by molar-refractivity contribution is 5.81. The summed E-state index contributed by atoms with van der Waals surface area (Å²) in [6.07, 6.45) is -9.13. The minimum Gasteiger partial charge on any atom is -0.475 e. The highest BCUT2D eigenvalue weighted by atomic mass is 19.4. The summed E-state index contributed by atoms with van der Waals surface area (Å²) in [5.74, 6) is -3.53. The molecule has 0 aromatic heterocycles. The lowest BCUT2D eigenvalue weighted by Crippen LogP contribution is -2.43. The van der Waals surface area contributed by atoms with Gasteiger partial charge in [0.25, 0.3) is 0 Å². The second-order valence-corrected chi connectivity index (χ2v) is 3.15. The Bertz CT molecular complexity index is 302. The second-order valence-electron chi connectivity index (χ2n) is 3.15. The lowest BCUT2D eigenvalue weighted by molar-refractivity contribution is -0.192. The standard InChI is InChI=1S/C6H11F3N2O.C2HF3O2/c1-2-4(10)5(12)11-3-6(7,8)9;3-2(4,5)1(6)7/h4H,2-3,10H2,1H3,(H,11,12);(H,6,7). The number of aliphatic carboxylic acids is 1. The maximum atomic E-state index is 11.5. The number of halogens is 6. The lowest BCUT2D eigenvalue weighted by atomic mass is 10.2. The molecule has 11 heteroatoms. The first kappa shape index (κ1) is 19.8. The van der Waals surface area contributed by atoms with E-state index in [2.05, 4.69) is 0 Å². The fourth-order valence-electron chi connectivity index (χ4n) is 0.504. The molecule has 1 unspecified atom stereocenters. The topological polar surface area (TPSA) is 92.4 Å². The SMILES string of the molecule is CCC(N)C(=O)NCC(F)(F)F.O=C(O)C(F)(F)F. The molecule has 0 aromatic rings. The van der Waals surface area contributed by atoms with Gasteiger partial charge in [-0.2, -0.15) is 26.3 Å². The molecule has 0 aliphatic carbocycles. The van der Waals surface area contributed by atoms with Crippen LogP contribution in [0.4, 0.5) is 26.3 Å². The molecule has 0 spiro atoms.